The Morgan fingerprint density at radius 2 is 1.59 bits per heavy atom. The molecule has 5 heteroatoms. The maximum Gasteiger partial charge on any atom is 0.407 e. The van der Waals surface area contributed by atoms with Crippen LogP contribution in [0, 0.1) is 5.92 Å². The first kappa shape index (κ1) is 25.6. The van der Waals surface area contributed by atoms with Crippen molar-refractivity contribution < 1.29 is 19.4 Å². The first-order valence-corrected chi connectivity index (χ1v) is 11.1. The number of rotatable bonds is 11. The summed E-state index contributed by atoms with van der Waals surface area (Å²) in [6, 6.07) is 19.3. The van der Waals surface area contributed by atoms with Gasteiger partial charge in [0, 0.05) is 5.92 Å². The second kappa shape index (κ2) is 12.4. The zero-order valence-electron chi connectivity index (χ0n) is 19.7. The maximum absolute atomic E-state index is 12.4. The lowest BCUT2D eigenvalue weighted by Gasteiger charge is -2.28. The largest absolute Gasteiger partial charge is 0.444 e. The molecular weight excluding hydrogens is 402 g/mol. The molecule has 0 heterocycles. The predicted molar refractivity (Wildman–Crippen MR) is 128 cm³/mol. The molecule has 0 aromatic heterocycles. The normalized spacial score (nSPS) is 14.3. The summed E-state index contributed by atoms with van der Waals surface area (Å²) in [4.78, 5) is 12.4. The van der Waals surface area contributed by atoms with Crippen molar-refractivity contribution in [1.82, 2.24) is 5.32 Å². The van der Waals surface area contributed by atoms with Crippen LogP contribution >= 0.6 is 0 Å². The minimum absolute atomic E-state index is 0.0762. The molecule has 0 saturated carbocycles. The third-order valence-corrected chi connectivity index (χ3v) is 5.11. The van der Waals surface area contributed by atoms with Crippen LogP contribution in [0.4, 0.5) is 4.79 Å². The quantitative estimate of drug-likeness (QED) is 0.467. The van der Waals surface area contributed by atoms with Crippen LogP contribution in [-0.4, -0.2) is 35.6 Å². The Morgan fingerprint density at radius 3 is 2.16 bits per heavy atom. The average molecular weight is 440 g/mol. The number of amides is 1. The second-order valence-electron chi connectivity index (χ2n) is 9.27. The number of carbonyl (C=O) groups excluding carboxylic acids is 1. The molecule has 1 amide bonds. The third-order valence-electron chi connectivity index (χ3n) is 5.11. The monoisotopic (exact) mass is 439 g/mol. The summed E-state index contributed by atoms with van der Waals surface area (Å²) in [6.45, 7) is 12.7. The Bertz CT molecular complexity index is 830. The van der Waals surface area contributed by atoms with E-state index in [2.05, 4.69) is 11.9 Å². The van der Waals surface area contributed by atoms with E-state index in [4.69, 9.17) is 9.47 Å². The molecular formula is C27H37NO4. The highest BCUT2D eigenvalue weighted by atomic mass is 16.6. The lowest BCUT2D eigenvalue weighted by atomic mass is 9.92. The van der Waals surface area contributed by atoms with Crippen LogP contribution in [0.5, 0.6) is 0 Å². The smallest absolute Gasteiger partial charge is 0.407 e. The molecule has 2 aromatic rings. The van der Waals surface area contributed by atoms with Crippen molar-refractivity contribution in [3.8, 4) is 0 Å². The number of aliphatic hydroxyl groups excluding tert-OH is 1. The van der Waals surface area contributed by atoms with Gasteiger partial charge in [0.25, 0.3) is 0 Å². The van der Waals surface area contributed by atoms with E-state index in [0.29, 0.717) is 26.1 Å². The first-order chi connectivity index (χ1) is 15.1. The summed E-state index contributed by atoms with van der Waals surface area (Å²) in [5.41, 5.74) is 2.42. The number of aliphatic hydroxyl groups is 1. The Kier molecular flexibility index (Phi) is 9.95. The van der Waals surface area contributed by atoms with Crippen molar-refractivity contribution >= 4 is 6.09 Å². The van der Waals surface area contributed by atoms with Gasteiger partial charge in [0.15, 0.2) is 0 Å². The lowest BCUT2D eigenvalue weighted by molar-refractivity contribution is 0.0416. The standard InChI is InChI=1S/C27H37NO4/c1-20(21(2)18-31-19-23-14-10-7-11-15-23)16-25(29)24(17-22-12-8-6-9-13-22)28-26(30)32-27(3,4)5/h6-15,21,24-25,29H,1,16-19H2,2-5H3,(H,28,30)/t21-,24-,25+/m0/s1. The molecule has 0 radical (unpaired) electrons. The van der Waals surface area contributed by atoms with Gasteiger partial charge in [0.1, 0.15) is 5.60 Å². The van der Waals surface area contributed by atoms with Crippen molar-refractivity contribution in [2.24, 2.45) is 5.92 Å². The molecule has 0 spiro atoms. The molecule has 2 N–H and O–H groups in total. The van der Waals surface area contributed by atoms with Crippen LogP contribution < -0.4 is 5.32 Å². The van der Waals surface area contributed by atoms with Gasteiger partial charge in [-0.05, 0) is 44.7 Å². The molecule has 3 atom stereocenters. The zero-order chi connectivity index (χ0) is 23.6. The van der Waals surface area contributed by atoms with Gasteiger partial charge in [-0.25, -0.2) is 4.79 Å². The number of benzene rings is 2. The van der Waals surface area contributed by atoms with Crippen molar-refractivity contribution in [2.75, 3.05) is 6.61 Å². The highest BCUT2D eigenvalue weighted by molar-refractivity contribution is 5.68. The molecule has 0 saturated heterocycles. The number of carbonyl (C=O) groups is 1. The van der Waals surface area contributed by atoms with Crippen molar-refractivity contribution in [2.45, 2.75) is 64.9 Å². The fraction of sp³-hybridized carbons (Fsp3) is 0.444. The molecule has 0 aliphatic heterocycles. The fourth-order valence-corrected chi connectivity index (χ4v) is 3.27. The van der Waals surface area contributed by atoms with Crippen molar-refractivity contribution in [1.29, 1.82) is 0 Å². The van der Waals surface area contributed by atoms with E-state index in [0.717, 1.165) is 16.7 Å². The molecule has 0 unspecified atom stereocenters. The molecule has 0 fully saturated rings. The van der Waals surface area contributed by atoms with E-state index in [1.807, 2.05) is 88.4 Å². The molecule has 174 valence electrons. The van der Waals surface area contributed by atoms with Crippen LogP contribution in [0.1, 0.15) is 45.2 Å². The highest BCUT2D eigenvalue weighted by Gasteiger charge is 2.26. The Morgan fingerprint density at radius 1 is 1.03 bits per heavy atom. The summed E-state index contributed by atoms with van der Waals surface area (Å²) in [6.07, 6.45) is -0.481. The second-order valence-corrected chi connectivity index (χ2v) is 9.27. The van der Waals surface area contributed by atoms with Gasteiger partial charge in [-0.3, -0.25) is 0 Å². The average Bonchev–Trinajstić information content (AvgIpc) is 2.73. The molecule has 5 nitrogen and oxygen atoms in total. The molecule has 0 aliphatic rings. The van der Waals surface area contributed by atoms with Crippen LogP contribution in [0.2, 0.25) is 0 Å². The van der Waals surface area contributed by atoms with Gasteiger partial charge in [-0.2, -0.15) is 0 Å². The fourth-order valence-electron chi connectivity index (χ4n) is 3.27. The Labute approximate surface area is 192 Å². The van der Waals surface area contributed by atoms with E-state index in [1.165, 1.54) is 0 Å². The van der Waals surface area contributed by atoms with E-state index < -0.39 is 23.8 Å². The lowest BCUT2D eigenvalue weighted by Crippen LogP contribution is -2.47. The van der Waals surface area contributed by atoms with Crippen LogP contribution in [0.15, 0.2) is 72.8 Å². The van der Waals surface area contributed by atoms with Crippen LogP contribution in [0.25, 0.3) is 0 Å². The maximum atomic E-state index is 12.4. The molecule has 2 rings (SSSR count). The van der Waals surface area contributed by atoms with Gasteiger partial charge in [-0.1, -0.05) is 79.7 Å². The van der Waals surface area contributed by atoms with Gasteiger partial charge >= 0.3 is 6.09 Å². The zero-order valence-corrected chi connectivity index (χ0v) is 19.7. The number of hydrogen-bond acceptors (Lipinski definition) is 4. The van der Waals surface area contributed by atoms with E-state index in [-0.39, 0.29) is 5.92 Å². The van der Waals surface area contributed by atoms with Gasteiger partial charge < -0.3 is 19.9 Å². The predicted octanol–water partition coefficient (Wildman–Crippen LogP) is 5.28. The van der Waals surface area contributed by atoms with Crippen molar-refractivity contribution in [3.63, 3.8) is 0 Å². The SMILES string of the molecule is C=C(C[C@@H](O)[C@H](Cc1ccccc1)NC(=O)OC(C)(C)C)[C@@H](C)COCc1ccccc1. The number of hydrogen-bond donors (Lipinski definition) is 2. The van der Waals surface area contributed by atoms with E-state index in [1.54, 1.807) is 0 Å². The minimum atomic E-state index is -0.799. The summed E-state index contributed by atoms with van der Waals surface area (Å²) in [7, 11) is 0. The van der Waals surface area contributed by atoms with Gasteiger partial charge in [-0.15, -0.1) is 0 Å². The molecule has 2 aromatic carbocycles. The first-order valence-electron chi connectivity index (χ1n) is 11.1. The minimum Gasteiger partial charge on any atom is -0.444 e. The number of alkyl carbamates (subject to hydrolysis) is 1. The summed E-state index contributed by atoms with van der Waals surface area (Å²) >= 11 is 0. The summed E-state index contributed by atoms with van der Waals surface area (Å²) in [5.74, 6) is 0.0762. The molecule has 32 heavy (non-hydrogen) atoms. The topological polar surface area (TPSA) is 67.8 Å². The van der Waals surface area contributed by atoms with Crippen molar-refractivity contribution in [3.05, 3.63) is 83.9 Å². The van der Waals surface area contributed by atoms with Crippen LogP contribution in [0.3, 0.4) is 0 Å². The van der Waals surface area contributed by atoms with E-state index in [9.17, 15) is 9.90 Å². The van der Waals surface area contributed by atoms with Gasteiger partial charge in [0.2, 0.25) is 0 Å². The van der Waals surface area contributed by atoms with Crippen LogP contribution in [-0.2, 0) is 22.5 Å². The number of nitrogens with one attached hydrogen (secondary N) is 1. The molecule has 0 aliphatic carbocycles. The summed E-state index contributed by atoms with van der Waals surface area (Å²) in [5, 5.41) is 13.8. The molecule has 0 bridgehead atoms. The third kappa shape index (κ3) is 9.67. The van der Waals surface area contributed by atoms with E-state index >= 15 is 0 Å². The van der Waals surface area contributed by atoms with Gasteiger partial charge in [0.05, 0.1) is 25.4 Å². The summed E-state index contributed by atoms with van der Waals surface area (Å²) < 4.78 is 11.2. The highest BCUT2D eigenvalue weighted by Crippen LogP contribution is 2.19. The Balaban J connectivity index is 1.93. The Hall–Kier alpha value is -2.63. The number of ether oxygens (including phenoxy) is 2.